The molecule has 0 bridgehead atoms. The Balaban J connectivity index is 1.71. The molecule has 4 rings (SSSR count). The minimum absolute atomic E-state index is 0.272. The zero-order valence-corrected chi connectivity index (χ0v) is 11.8. The van der Waals surface area contributed by atoms with Crippen LogP contribution in [0.25, 0.3) is 5.65 Å². The quantitative estimate of drug-likeness (QED) is 0.896. The molecule has 3 N–H and O–H groups in total. The van der Waals surface area contributed by atoms with Crippen LogP contribution in [0.5, 0.6) is 0 Å². The lowest BCUT2D eigenvalue weighted by Gasteiger charge is -2.17. The van der Waals surface area contributed by atoms with E-state index < -0.39 is 0 Å². The molecule has 2 aromatic heterocycles. The molecule has 0 aromatic carbocycles. The van der Waals surface area contributed by atoms with E-state index in [9.17, 15) is 0 Å². The van der Waals surface area contributed by atoms with Gasteiger partial charge in [-0.2, -0.15) is 9.61 Å². The van der Waals surface area contributed by atoms with Crippen molar-refractivity contribution >= 4 is 11.5 Å². The van der Waals surface area contributed by atoms with Crippen molar-refractivity contribution in [3.8, 4) is 0 Å². The van der Waals surface area contributed by atoms with E-state index in [1.54, 1.807) is 0 Å². The van der Waals surface area contributed by atoms with Crippen molar-refractivity contribution < 1.29 is 0 Å². The van der Waals surface area contributed by atoms with Gasteiger partial charge in [0.2, 0.25) is 0 Å². The van der Waals surface area contributed by atoms with Crippen molar-refractivity contribution in [2.45, 2.75) is 56.5 Å². The van der Waals surface area contributed by atoms with E-state index in [-0.39, 0.29) is 5.41 Å². The first kappa shape index (κ1) is 12.1. The van der Waals surface area contributed by atoms with E-state index in [2.05, 4.69) is 23.4 Å². The predicted octanol–water partition coefficient (Wildman–Crippen LogP) is 2.07. The Bertz CT molecular complexity index is 643. The van der Waals surface area contributed by atoms with Crippen LogP contribution >= 0.6 is 0 Å². The summed E-state index contributed by atoms with van der Waals surface area (Å²) < 4.78 is 1.90. The zero-order valence-electron chi connectivity index (χ0n) is 11.8. The fourth-order valence-electron chi connectivity index (χ4n) is 3.13. The Morgan fingerprint density at radius 2 is 2.25 bits per heavy atom. The summed E-state index contributed by atoms with van der Waals surface area (Å²) in [6, 6.07) is 4.94. The highest BCUT2D eigenvalue weighted by Gasteiger charge is 2.41. The molecule has 2 heterocycles. The van der Waals surface area contributed by atoms with Gasteiger partial charge < -0.3 is 11.1 Å². The Hall–Kier alpha value is -1.62. The lowest BCUT2D eigenvalue weighted by Crippen LogP contribution is -2.22. The van der Waals surface area contributed by atoms with Crippen molar-refractivity contribution in [1.29, 1.82) is 0 Å². The third-order valence-corrected chi connectivity index (χ3v) is 4.80. The van der Waals surface area contributed by atoms with Crippen LogP contribution in [-0.2, 0) is 5.41 Å². The molecular formula is C15H21N5. The SMILES string of the molecule is CC1(c2cc(N[C@H]3CC[C@H](N)C3)n3nccc3n2)CC1. The smallest absolute Gasteiger partial charge is 0.157 e. The van der Waals surface area contributed by atoms with Crippen molar-refractivity contribution in [1.82, 2.24) is 14.6 Å². The molecule has 0 amide bonds. The number of aromatic nitrogens is 3. The lowest BCUT2D eigenvalue weighted by molar-refractivity contribution is 0.682. The van der Waals surface area contributed by atoms with Gasteiger partial charge in [0.15, 0.2) is 5.65 Å². The van der Waals surface area contributed by atoms with E-state index >= 15 is 0 Å². The fourth-order valence-corrected chi connectivity index (χ4v) is 3.13. The summed E-state index contributed by atoms with van der Waals surface area (Å²) in [5.74, 6) is 1.06. The number of nitrogens with one attached hydrogen (secondary N) is 1. The highest BCUT2D eigenvalue weighted by Crippen LogP contribution is 2.47. The van der Waals surface area contributed by atoms with Gasteiger partial charge in [0, 0.05) is 29.6 Å². The normalized spacial score (nSPS) is 27.9. The summed E-state index contributed by atoms with van der Waals surface area (Å²) >= 11 is 0. The average Bonchev–Trinajstić information content (AvgIpc) is 2.86. The molecule has 5 heteroatoms. The minimum atomic E-state index is 0.272. The molecule has 106 valence electrons. The van der Waals surface area contributed by atoms with E-state index in [0.717, 1.165) is 30.7 Å². The first-order chi connectivity index (χ1) is 9.64. The first-order valence-electron chi connectivity index (χ1n) is 7.51. The summed E-state index contributed by atoms with van der Waals surface area (Å²) in [7, 11) is 0. The predicted molar refractivity (Wildman–Crippen MR) is 78.8 cm³/mol. The minimum Gasteiger partial charge on any atom is -0.367 e. The van der Waals surface area contributed by atoms with Gasteiger partial charge in [-0.15, -0.1) is 0 Å². The fraction of sp³-hybridized carbons (Fsp3) is 0.600. The van der Waals surface area contributed by atoms with Crippen LogP contribution in [-0.4, -0.2) is 26.7 Å². The Kier molecular flexibility index (Phi) is 2.54. The molecule has 2 aliphatic carbocycles. The largest absolute Gasteiger partial charge is 0.367 e. The summed E-state index contributed by atoms with van der Waals surface area (Å²) in [6.45, 7) is 2.29. The molecule has 0 unspecified atom stereocenters. The maximum absolute atomic E-state index is 6.01. The second-order valence-corrected chi connectivity index (χ2v) is 6.60. The molecule has 2 fully saturated rings. The van der Waals surface area contributed by atoms with Gasteiger partial charge in [-0.1, -0.05) is 6.92 Å². The van der Waals surface area contributed by atoms with Crippen LogP contribution in [0.1, 0.15) is 44.7 Å². The van der Waals surface area contributed by atoms with E-state index in [4.69, 9.17) is 10.7 Å². The average molecular weight is 271 g/mol. The van der Waals surface area contributed by atoms with Gasteiger partial charge in [-0.25, -0.2) is 4.98 Å². The van der Waals surface area contributed by atoms with Gasteiger partial charge >= 0.3 is 0 Å². The maximum atomic E-state index is 6.01. The number of rotatable bonds is 3. The highest BCUT2D eigenvalue weighted by molar-refractivity contribution is 5.51. The molecule has 5 nitrogen and oxygen atoms in total. The van der Waals surface area contributed by atoms with E-state index in [0.29, 0.717) is 12.1 Å². The molecule has 0 saturated heterocycles. The Morgan fingerprint density at radius 1 is 1.40 bits per heavy atom. The monoisotopic (exact) mass is 271 g/mol. The Morgan fingerprint density at radius 3 is 2.95 bits per heavy atom. The molecule has 0 radical (unpaired) electrons. The number of fused-ring (bicyclic) bond motifs is 1. The van der Waals surface area contributed by atoms with Crippen molar-refractivity contribution in [2.24, 2.45) is 5.73 Å². The number of nitrogens with two attached hydrogens (primary N) is 1. The van der Waals surface area contributed by atoms with E-state index in [1.807, 2.05) is 16.8 Å². The molecule has 2 atom stereocenters. The second-order valence-electron chi connectivity index (χ2n) is 6.60. The molecular weight excluding hydrogens is 250 g/mol. The Labute approximate surface area is 118 Å². The topological polar surface area (TPSA) is 68.2 Å². The van der Waals surface area contributed by atoms with Crippen LogP contribution in [0.15, 0.2) is 18.3 Å². The summed E-state index contributed by atoms with van der Waals surface area (Å²) in [4.78, 5) is 4.75. The molecule has 0 aliphatic heterocycles. The number of anilines is 1. The standard InChI is InChI=1S/C15H21N5/c1-15(5-6-15)12-9-14(18-11-3-2-10(16)8-11)20-13(19-12)4-7-17-20/h4,7,9-11,18H,2-3,5-6,8,16H2,1H3/t10-,11-/m0/s1. The summed E-state index contributed by atoms with van der Waals surface area (Å²) in [5, 5.41) is 8.00. The highest BCUT2D eigenvalue weighted by atomic mass is 15.3. The third-order valence-electron chi connectivity index (χ3n) is 4.80. The van der Waals surface area contributed by atoms with Crippen molar-refractivity contribution in [3.63, 3.8) is 0 Å². The maximum Gasteiger partial charge on any atom is 0.157 e. The molecule has 0 spiro atoms. The second kappa shape index (κ2) is 4.19. The lowest BCUT2D eigenvalue weighted by atomic mass is 10.1. The van der Waals surface area contributed by atoms with Crippen molar-refractivity contribution in [2.75, 3.05) is 5.32 Å². The molecule has 2 aliphatic rings. The van der Waals surface area contributed by atoms with E-state index in [1.165, 1.54) is 18.5 Å². The van der Waals surface area contributed by atoms with Crippen LogP contribution in [0.4, 0.5) is 5.82 Å². The molecule has 2 aromatic rings. The van der Waals surface area contributed by atoms with Crippen molar-refractivity contribution in [3.05, 3.63) is 24.0 Å². The van der Waals surface area contributed by atoms with Gasteiger partial charge in [0.1, 0.15) is 5.82 Å². The van der Waals surface area contributed by atoms with Crippen LogP contribution in [0.3, 0.4) is 0 Å². The summed E-state index contributed by atoms with van der Waals surface area (Å²) in [5.41, 5.74) is 8.40. The van der Waals surface area contributed by atoms with Crippen LogP contribution < -0.4 is 11.1 Å². The van der Waals surface area contributed by atoms with Gasteiger partial charge in [-0.3, -0.25) is 0 Å². The first-order valence-corrected chi connectivity index (χ1v) is 7.51. The van der Waals surface area contributed by atoms with Gasteiger partial charge in [0.05, 0.1) is 11.9 Å². The number of hydrogen-bond acceptors (Lipinski definition) is 4. The number of nitrogens with zero attached hydrogens (tertiary/aromatic N) is 3. The molecule has 20 heavy (non-hydrogen) atoms. The van der Waals surface area contributed by atoms with Gasteiger partial charge in [0.25, 0.3) is 0 Å². The zero-order chi connectivity index (χ0) is 13.7. The third kappa shape index (κ3) is 1.97. The van der Waals surface area contributed by atoms with Crippen LogP contribution in [0, 0.1) is 0 Å². The summed E-state index contributed by atoms with van der Waals surface area (Å²) in [6.07, 6.45) is 7.56. The number of hydrogen-bond donors (Lipinski definition) is 2. The molecule has 2 saturated carbocycles. The van der Waals surface area contributed by atoms with Gasteiger partial charge in [-0.05, 0) is 32.1 Å². The van der Waals surface area contributed by atoms with Crippen LogP contribution in [0.2, 0.25) is 0 Å².